The van der Waals surface area contributed by atoms with Crippen molar-refractivity contribution < 1.29 is 18.4 Å². The predicted molar refractivity (Wildman–Crippen MR) is 95.5 cm³/mol. The number of piperidine rings is 1. The third-order valence-corrected chi connectivity index (χ3v) is 5.19. The molecule has 1 N–H and O–H groups in total. The van der Waals surface area contributed by atoms with Crippen molar-refractivity contribution in [1.29, 1.82) is 0 Å². The van der Waals surface area contributed by atoms with E-state index in [1.54, 1.807) is 12.1 Å². The van der Waals surface area contributed by atoms with E-state index < -0.39 is 0 Å². The Kier molecular flexibility index (Phi) is 5.18. The molecule has 1 aromatic heterocycles. The van der Waals surface area contributed by atoms with Crippen LogP contribution in [0.1, 0.15) is 31.6 Å². The molecule has 1 aromatic carbocycles. The molecule has 2 aliphatic heterocycles. The summed E-state index contributed by atoms with van der Waals surface area (Å²) >= 11 is 0. The lowest BCUT2D eigenvalue weighted by Gasteiger charge is -2.37. The normalized spacial score (nSPS) is 26.1. The summed E-state index contributed by atoms with van der Waals surface area (Å²) < 4.78 is 24.4. The van der Waals surface area contributed by atoms with Crippen LogP contribution >= 0.6 is 0 Å². The van der Waals surface area contributed by atoms with Crippen molar-refractivity contribution in [3.05, 3.63) is 36.0 Å². The van der Waals surface area contributed by atoms with E-state index in [0.717, 1.165) is 12.8 Å². The van der Waals surface area contributed by atoms with Crippen LogP contribution in [0, 0.1) is 5.82 Å². The number of likely N-dealkylation sites (tertiary alicyclic amines) is 1. The van der Waals surface area contributed by atoms with Crippen LogP contribution in [0.2, 0.25) is 0 Å². The molecule has 1 unspecified atom stereocenters. The van der Waals surface area contributed by atoms with Gasteiger partial charge in [0.25, 0.3) is 0 Å². The molecule has 1 amide bonds. The summed E-state index contributed by atoms with van der Waals surface area (Å²) in [6.45, 7) is 4.47. The highest BCUT2D eigenvalue weighted by Gasteiger charge is 2.35. The van der Waals surface area contributed by atoms with Gasteiger partial charge >= 0.3 is 0 Å². The summed E-state index contributed by atoms with van der Waals surface area (Å²) in [6.07, 6.45) is 1.60. The van der Waals surface area contributed by atoms with Crippen LogP contribution in [-0.2, 0) is 9.53 Å². The second-order valence-electron chi connectivity index (χ2n) is 7.10. The number of hydrogen-bond donors (Lipinski definition) is 1. The zero-order valence-electron chi connectivity index (χ0n) is 15.2. The number of carbonyl (C=O) groups excluding carboxylic acids is 1. The molecule has 2 aliphatic rings. The van der Waals surface area contributed by atoms with Gasteiger partial charge in [0, 0.05) is 25.2 Å². The predicted octanol–water partition coefficient (Wildman–Crippen LogP) is 1.96. The number of rotatable bonds is 3. The number of nitrogens with zero attached hydrogens (tertiary/aromatic N) is 3. The second-order valence-corrected chi connectivity index (χ2v) is 7.10. The molecular formula is C19H23FN4O3. The summed E-state index contributed by atoms with van der Waals surface area (Å²) in [5, 5.41) is 7.23. The largest absolute Gasteiger partial charge is 0.375 e. The minimum Gasteiger partial charge on any atom is -0.375 e. The maximum atomic E-state index is 13.4. The van der Waals surface area contributed by atoms with Gasteiger partial charge in [-0.25, -0.2) is 4.39 Å². The lowest BCUT2D eigenvalue weighted by atomic mass is 9.96. The molecule has 0 saturated carbocycles. The molecule has 3 atom stereocenters. The fourth-order valence-electron chi connectivity index (χ4n) is 3.73. The minimum absolute atomic E-state index is 0.0164. The van der Waals surface area contributed by atoms with Crippen molar-refractivity contribution in [2.45, 2.75) is 37.8 Å². The molecule has 0 spiro atoms. The SMILES string of the molecule is C[C@H]1OCCN[C@@H]1C(=O)N1CCCC(c2nc(-c3cccc(F)c3)no2)C1. The van der Waals surface area contributed by atoms with Crippen LogP contribution in [0.5, 0.6) is 0 Å². The van der Waals surface area contributed by atoms with E-state index in [1.165, 1.54) is 12.1 Å². The Morgan fingerprint density at radius 3 is 3.11 bits per heavy atom. The van der Waals surface area contributed by atoms with E-state index in [4.69, 9.17) is 9.26 Å². The number of carbonyl (C=O) groups is 1. The van der Waals surface area contributed by atoms with Crippen molar-refractivity contribution in [2.24, 2.45) is 0 Å². The average Bonchev–Trinajstić information content (AvgIpc) is 3.18. The molecule has 2 aromatic rings. The second kappa shape index (κ2) is 7.74. The van der Waals surface area contributed by atoms with Crippen LogP contribution in [0.25, 0.3) is 11.4 Å². The molecule has 4 rings (SSSR count). The van der Waals surface area contributed by atoms with Crippen molar-refractivity contribution >= 4 is 5.91 Å². The number of amides is 1. The van der Waals surface area contributed by atoms with Gasteiger partial charge in [-0.15, -0.1) is 0 Å². The lowest BCUT2D eigenvalue weighted by molar-refractivity contribution is -0.140. The fourth-order valence-corrected chi connectivity index (χ4v) is 3.73. The lowest BCUT2D eigenvalue weighted by Crippen LogP contribution is -2.57. The first-order valence-corrected chi connectivity index (χ1v) is 9.35. The van der Waals surface area contributed by atoms with E-state index in [-0.39, 0.29) is 29.8 Å². The Balaban J connectivity index is 1.46. The fraction of sp³-hybridized carbons (Fsp3) is 0.526. The third kappa shape index (κ3) is 3.86. The van der Waals surface area contributed by atoms with Gasteiger partial charge < -0.3 is 19.5 Å². The molecule has 0 bridgehead atoms. The highest BCUT2D eigenvalue weighted by Crippen LogP contribution is 2.28. The first kappa shape index (κ1) is 18.1. The van der Waals surface area contributed by atoms with Gasteiger partial charge in [-0.2, -0.15) is 4.98 Å². The first-order valence-electron chi connectivity index (χ1n) is 9.35. The highest BCUT2D eigenvalue weighted by atomic mass is 19.1. The number of nitrogens with one attached hydrogen (secondary N) is 1. The molecule has 2 saturated heterocycles. The van der Waals surface area contributed by atoms with Gasteiger partial charge in [0.05, 0.1) is 18.6 Å². The van der Waals surface area contributed by atoms with Crippen molar-refractivity contribution in [1.82, 2.24) is 20.4 Å². The molecular weight excluding hydrogens is 351 g/mol. The maximum absolute atomic E-state index is 13.4. The summed E-state index contributed by atoms with van der Waals surface area (Å²) in [4.78, 5) is 19.2. The van der Waals surface area contributed by atoms with E-state index in [1.807, 2.05) is 11.8 Å². The van der Waals surface area contributed by atoms with Crippen LogP contribution in [0.4, 0.5) is 4.39 Å². The quantitative estimate of drug-likeness (QED) is 0.885. The summed E-state index contributed by atoms with van der Waals surface area (Å²) in [5.41, 5.74) is 0.575. The number of halogens is 1. The molecule has 8 heteroatoms. The van der Waals surface area contributed by atoms with Gasteiger partial charge in [-0.05, 0) is 31.9 Å². The maximum Gasteiger partial charge on any atom is 0.242 e. The van der Waals surface area contributed by atoms with Crippen LogP contribution in [0.3, 0.4) is 0 Å². The zero-order chi connectivity index (χ0) is 18.8. The van der Waals surface area contributed by atoms with Crippen molar-refractivity contribution in [3.63, 3.8) is 0 Å². The number of aromatic nitrogens is 2. The standard InChI is InChI=1S/C19H23FN4O3/c1-12-16(21-7-9-26-12)19(25)24-8-3-5-14(11-24)18-22-17(23-27-18)13-4-2-6-15(20)10-13/h2,4,6,10,12,14,16,21H,3,5,7-9,11H2,1H3/t12-,14?,16+/m1/s1. The summed E-state index contributed by atoms with van der Waals surface area (Å²) in [5.74, 6) is 0.551. The average molecular weight is 374 g/mol. The Bertz CT molecular complexity index is 812. The molecule has 2 fully saturated rings. The Labute approximate surface area is 156 Å². The van der Waals surface area contributed by atoms with Gasteiger partial charge in [0.15, 0.2) is 0 Å². The number of morpholine rings is 1. The number of benzene rings is 1. The first-order chi connectivity index (χ1) is 13.1. The van der Waals surface area contributed by atoms with Gasteiger partial charge in [0.2, 0.25) is 17.6 Å². The van der Waals surface area contributed by atoms with Crippen molar-refractivity contribution in [2.75, 3.05) is 26.2 Å². The number of ether oxygens (including phenoxy) is 1. The van der Waals surface area contributed by atoms with E-state index in [0.29, 0.717) is 43.5 Å². The summed E-state index contributed by atoms with van der Waals surface area (Å²) in [7, 11) is 0. The summed E-state index contributed by atoms with van der Waals surface area (Å²) in [6, 6.07) is 5.79. The molecule has 7 nitrogen and oxygen atoms in total. The Morgan fingerprint density at radius 1 is 1.41 bits per heavy atom. The topological polar surface area (TPSA) is 80.5 Å². The van der Waals surface area contributed by atoms with Crippen molar-refractivity contribution in [3.8, 4) is 11.4 Å². The molecule has 144 valence electrons. The smallest absolute Gasteiger partial charge is 0.242 e. The third-order valence-electron chi connectivity index (χ3n) is 5.19. The zero-order valence-corrected chi connectivity index (χ0v) is 15.2. The van der Waals surface area contributed by atoms with E-state index in [9.17, 15) is 9.18 Å². The molecule has 3 heterocycles. The minimum atomic E-state index is -0.343. The molecule has 0 radical (unpaired) electrons. The molecule has 0 aliphatic carbocycles. The monoisotopic (exact) mass is 374 g/mol. The highest BCUT2D eigenvalue weighted by molar-refractivity contribution is 5.82. The Hall–Kier alpha value is -2.32. The molecule has 27 heavy (non-hydrogen) atoms. The van der Waals surface area contributed by atoms with Gasteiger partial charge in [0.1, 0.15) is 11.9 Å². The van der Waals surface area contributed by atoms with E-state index >= 15 is 0 Å². The van der Waals surface area contributed by atoms with Crippen LogP contribution < -0.4 is 5.32 Å². The van der Waals surface area contributed by atoms with E-state index in [2.05, 4.69) is 15.5 Å². The Morgan fingerprint density at radius 2 is 2.30 bits per heavy atom. The number of hydrogen-bond acceptors (Lipinski definition) is 6. The van der Waals surface area contributed by atoms with Gasteiger partial charge in [-0.3, -0.25) is 4.79 Å². The van der Waals surface area contributed by atoms with Crippen LogP contribution in [-0.4, -0.2) is 59.3 Å². The van der Waals surface area contributed by atoms with Gasteiger partial charge in [-0.1, -0.05) is 17.3 Å². The van der Waals surface area contributed by atoms with Crippen LogP contribution in [0.15, 0.2) is 28.8 Å².